The molecule has 5 heteroatoms. The zero-order valence-corrected chi connectivity index (χ0v) is 14.3. The first-order valence-corrected chi connectivity index (χ1v) is 8.03. The highest BCUT2D eigenvalue weighted by atomic mass is 16.4. The van der Waals surface area contributed by atoms with Crippen LogP contribution in [0.25, 0.3) is 0 Å². The van der Waals surface area contributed by atoms with E-state index in [0.717, 1.165) is 5.56 Å². The van der Waals surface area contributed by atoms with Crippen LogP contribution in [0.2, 0.25) is 0 Å². The fourth-order valence-electron chi connectivity index (χ4n) is 2.59. The molecule has 1 unspecified atom stereocenters. The Labute approximate surface area is 146 Å². The number of carbonyl (C=O) groups excluding carboxylic acids is 2. The van der Waals surface area contributed by atoms with Gasteiger partial charge in [-0.25, -0.2) is 4.79 Å². The molecule has 0 aromatic heterocycles. The zero-order valence-electron chi connectivity index (χ0n) is 14.3. The number of hydrogen-bond acceptors (Lipinski definition) is 3. The van der Waals surface area contributed by atoms with Crippen molar-refractivity contribution >= 4 is 17.7 Å². The molecule has 0 spiro atoms. The maximum atomic E-state index is 12.4. The van der Waals surface area contributed by atoms with Crippen molar-refractivity contribution in [3.63, 3.8) is 0 Å². The fraction of sp³-hybridized carbons (Fsp3) is 0.250. The smallest absolute Gasteiger partial charge is 0.331 e. The largest absolute Gasteiger partial charge is 0.479 e. The molecular formula is C20H21NO4. The quantitative estimate of drug-likeness (QED) is 0.786. The fourth-order valence-corrected chi connectivity index (χ4v) is 2.59. The average Bonchev–Trinajstić information content (AvgIpc) is 2.60. The van der Waals surface area contributed by atoms with Gasteiger partial charge in [-0.3, -0.25) is 9.59 Å². The maximum Gasteiger partial charge on any atom is 0.331 e. The van der Waals surface area contributed by atoms with Crippen molar-refractivity contribution in [1.82, 2.24) is 4.90 Å². The normalized spacial score (nSPS) is 11.6. The number of carboxylic acids is 1. The van der Waals surface area contributed by atoms with Crippen LogP contribution in [-0.2, 0) is 9.59 Å². The summed E-state index contributed by atoms with van der Waals surface area (Å²) >= 11 is 0. The Bertz CT molecular complexity index is 753. The average molecular weight is 339 g/mol. The Morgan fingerprint density at radius 2 is 1.56 bits per heavy atom. The van der Waals surface area contributed by atoms with Crippen molar-refractivity contribution in [1.29, 1.82) is 0 Å². The second-order valence-electron chi connectivity index (χ2n) is 5.95. The van der Waals surface area contributed by atoms with E-state index < -0.39 is 12.0 Å². The number of carboxylic acid groups (broad SMARTS) is 1. The first-order valence-electron chi connectivity index (χ1n) is 8.03. The van der Waals surface area contributed by atoms with Crippen LogP contribution in [0.4, 0.5) is 0 Å². The van der Waals surface area contributed by atoms with Gasteiger partial charge < -0.3 is 10.0 Å². The Morgan fingerprint density at radius 3 is 2.12 bits per heavy atom. The van der Waals surface area contributed by atoms with Crippen molar-refractivity contribution in [2.75, 3.05) is 7.05 Å². The Kier molecular flexibility index (Phi) is 6.06. The minimum atomic E-state index is -1.10. The number of amides is 1. The van der Waals surface area contributed by atoms with Crippen LogP contribution in [0.15, 0.2) is 54.6 Å². The van der Waals surface area contributed by atoms with Crippen molar-refractivity contribution in [3.05, 3.63) is 71.3 Å². The number of Topliss-reactive ketones (excluding diaryl/α,β-unsaturated/α-hetero) is 1. The van der Waals surface area contributed by atoms with Crippen LogP contribution in [0.5, 0.6) is 0 Å². The van der Waals surface area contributed by atoms with E-state index in [-0.39, 0.29) is 24.5 Å². The minimum absolute atomic E-state index is 0.0280. The molecule has 1 N–H and O–H groups in total. The van der Waals surface area contributed by atoms with Gasteiger partial charge in [0.2, 0.25) is 5.91 Å². The second-order valence-corrected chi connectivity index (χ2v) is 5.95. The lowest BCUT2D eigenvalue weighted by Gasteiger charge is -2.25. The number of rotatable bonds is 7. The Morgan fingerprint density at radius 1 is 0.960 bits per heavy atom. The van der Waals surface area contributed by atoms with Crippen LogP contribution in [0.3, 0.4) is 0 Å². The van der Waals surface area contributed by atoms with Gasteiger partial charge in [0, 0.05) is 25.5 Å². The number of carbonyl (C=O) groups is 3. The summed E-state index contributed by atoms with van der Waals surface area (Å²) in [6.07, 6.45) is 0.0210. The van der Waals surface area contributed by atoms with E-state index in [1.54, 1.807) is 42.5 Å². The SMILES string of the molecule is Cc1ccc(C(=O)CCC(=O)N(C)C(C(=O)O)c2ccccc2)cc1. The van der Waals surface area contributed by atoms with Gasteiger partial charge in [-0.2, -0.15) is 0 Å². The molecule has 0 bridgehead atoms. The van der Waals surface area contributed by atoms with Crippen LogP contribution in [0, 0.1) is 6.92 Å². The van der Waals surface area contributed by atoms with Gasteiger partial charge in [-0.05, 0) is 12.5 Å². The van der Waals surface area contributed by atoms with Gasteiger partial charge in [0.05, 0.1) is 0 Å². The van der Waals surface area contributed by atoms with Crippen molar-refractivity contribution in [3.8, 4) is 0 Å². The molecule has 0 aliphatic heterocycles. The lowest BCUT2D eigenvalue weighted by Crippen LogP contribution is -2.36. The summed E-state index contributed by atoms with van der Waals surface area (Å²) in [5.74, 6) is -1.61. The van der Waals surface area contributed by atoms with Gasteiger partial charge in [-0.1, -0.05) is 60.2 Å². The molecule has 0 saturated heterocycles. The summed E-state index contributed by atoms with van der Waals surface area (Å²) < 4.78 is 0. The molecule has 0 heterocycles. The van der Waals surface area contributed by atoms with E-state index in [1.807, 2.05) is 19.1 Å². The second kappa shape index (κ2) is 8.24. The van der Waals surface area contributed by atoms with Gasteiger partial charge >= 0.3 is 5.97 Å². The number of aryl methyl sites for hydroxylation is 1. The number of aliphatic carboxylic acids is 1. The molecule has 25 heavy (non-hydrogen) atoms. The third kappa shape index (κ3) is 4.76. The highest BCUT2D eigenvalue weighted by Gasteiger charge is 2.28. The predicted molar refractivity (Wildman–Crippen MR) is 94.3 cm³/mol. The molecule has 0 aliphatic carbocycles. The summed E-state index contributed by atoms with van der Waals surface area (Å²) in [5.41, 5.74) is 2.13. The van der Waals surface area contributed by atoms with E-state index in [4.69, 9.17) is 0 Å². The van der Waals surface area contributed by atoms with Crippen LogP contribution in [-0.4, -0.2) is 34.7 Å². The molecule has 0 aliphatic rings. The van der Waals surface area contributed by atoms with Crippen LogP contribution in [0.1, 0.15) is 40.4 Å². The summed E-state index contributed by atoms with van der Waals surface area (Å²) in [6, 6.07) is 14.7. The van der Waals surface area contributed by atoms with Gasteiger partial charge in [-0.15, -0.1) is 0 Å². The van der Waals surface area contributed by atoms with Crippen molar-refractivity contribution in [2.45, 2.75) is 25.8 Å². The maximum absolute atomic E-state index is 12.4. The number of benzene rings is 2. The van der Waals surface area contributed by atoms with Crippen LogP contribution >= 0.6 is 0 Å². The minimum Gasteiger partial charge on any atom is -0.479 e. The lowest BCUT2D eigenvalue weighted by molar-refractivity contribution is -0.149. The molecule has 0 fully saturated rings. The Hall–Kier alpha value is -2.95. The topological polar surface area (TPSA) is 74.7 Å². The van der Waals surface area contributed by atoms with E-state index >= 15 is 0 Å². The molecule has 130 valence electrons. The molecule has 1 atom stereocenters. The highest BCUT2D eigenvalue weighted by Crippen LogP contribution is 2.21. The monoisotopic (exact) mass is 339 g/mol. The third-order valence-corrected chi connectivity index (χ3v) is 4.07. The van der Waals surface area contributed by atoms with E-state index in [9.17, 15) is 19.5 Å². The molecule has 2 aromatic carbocycles. The van der Waals surface area contributed by atoms with Gasteiger partial charge in [0.25, 0.3) is 0 Å². The number of hydrogen-bond donors (Lipinski definition) is 1. The van der Waals surface area contributed by atoms with E-state index in [2.05, 4.69) is 0 Å². The Balaban J connectivity index is 2.02. The summed E-state index contributed by atoms with van der Waals surface area (Å²) in [6.45, 7) is 1.93. The molecule has 0 radical (unpaired) electrons. The predicted octanol–water partition coefficient (Wildman–Crippen LogP) is 3.24. The number of ketones is 1. The lowest BCUT2D eigenvalue weighted by atomic mass is 10.0. The molecule has 1 amide bonds. The molecule has 2 aromatic rings. The van der Waals surface area contributed by atoms with E-state index in [0.29, 0.717) is 11.1 Å². The van der Waals surface area contributed by atoms with Crippen molar-refractivity contribution in [2.24, 2.45) is 0 Å². The zero-order chi connectivity index (χ0) is 18.4. The molecule has 2 rings (SSSR count). The summed E-state index contributed by atoms with van der Waals surface area (Å²) in [7, 11) is 1.45. The first kappa shape index (κ1) is 18.4. The molecular weight excluding hydrogens is 318 g/mol. The van der Waals surface area contributed by atoms with Gasteiger partial charge in [0.1, 0.15) is 0 Å². The molecule has 0 saturated carbocycles. The standard InChI is InChI=1S/C20H21NO4/c1-14-8-10-15(11-9-14)17(22)12-13-18(23)21(2)19(20(24)25)16-6-4-3-5-7-16/h3-11,19H,12-13H2,1-2H3,(H,24,25). The van der Waals surface area contributed by atoms with Crippen LogP contribution < -0.4 is 0 Å². The van der Waals surface area contributed by atoms with Crippen molar-refractivity contribution < 1.29 is 19.5 Å². The van der Waals surface area contributed by atoms with E-state index in [1.165, 1.54) is 11.9 Å². The molecule has 5 nitrogen and oxygen atoms in total. The number of nitrogens with zero attached hydrogens (tertiary/aromatic N) is 1. The summed E-state index contributed by atoms with van der Waals surface area (Å²) in [5, 5.41) is 9.47. The van der Waals surface area contributed by atoms with Gasteiger partial charge in [0.15, 0.2) is 11.8 Å². The third-order valence-electron chi connectivity index (χ3n) is 4.07. The summed E-state index contributed by atoms with van der Waals surface area (Å²) in [4.78, 5) is 37.3. The highest BCUT2D eigenvalue weighted by molar-refractivity contribution is 5.98. The number of likely N-dealkylation sites (N-methyl/N-ethyl adjacent to an activating group) is 1. The first-order chi connectivity index (χ1) is 11.9.